The SMILES string of the molecule is Fc1cccc(-c2cnc3c(Nc4ccc5[nH]ccc5c4)nccn23)c1. The summed E-state index contributed by atoms with van der Waals surface area (Å²) in [6.07, 6.45) is 7.16. The largest absolute Gasteiger partial charge is 0.361 e. The summed E-state index contributed by atoms with van der Waals surface area (Å²) in [6.45, 7) is 0. The monoisotopic (exact) mass is 343 g/mol. The number of halogens is 1. The van der Waals surface area contributed by atoms with Gasteiger partial charge < -0.3 is 10.3 Å². The molecule has 0 fully saturated rings. The fourth-order valence-corrected chi connectivity index (χ4v) is 3.14. The summed E-state index contributed by atoms with van der Waals surface area (Å²) in [4.78, 5) is 12.1. The number of hydrogen-bond donors (Lipinski definition) is 2. The Morgan fingerprint density at radius 2 is 2.00 bits per heavy atom. The topological polar surface area (TPSA) is 58.0 Å². The van der Waals surface area contributed by atoms with Crippen LogP contribution in [-0.2, 0) is 0 Å². The number of imidazole rings is 1. The number of hydrogen-bond acceptors (Lipinski definition) is 3. The zero-order chi connectivity index (χ0) is 17.5. The van der Waals surface area contributed by atoms with E-state index in [9.17, 15) is 4.39 Å². The van der Waals surface area contributed by atoms with Crippen molar-refractivity contribution in [3.63, 3.8) is 0 Å². The number of nitrogens with zero attached hydrogens (tertiary/aromatic N) is 3. The van der Waals surface area contributed by atoms with Gasteiger partial charge in [-0.05, 0) is 36.4 Å². The van der Waals surface area contributed by atoms with Crippen LogP contribution in [-0.4, -0.2) is 19.4 Å². The molecule has 3 heterocycles. The molecule has 5 aromatic rings. The van der Waals surface area contributed by atoms with Crippen molar-refractivity contribution in [2.24, 2.45) is 0 Å². The summed E-state index contributed by atoms with van der Waals surface area (Å²) in [5, 5.41) is 4.44. The molecular formula is C20H14FN5. The van der Waals surface area contributed by atoms with Crippen LogP contribution in [0.4, 0.5) is 15.9 Å². The Morgan fingerprint density at radius 3 is 2.92 bits per heavy atom. The van der Waals surface area contributed by atoms with Crippen molar-refractivity contribution in [3.8, 4) is 11.3 Å². The van der Waals surface area contributed by atoms with Gasteiger partial charge in [0.2, 0.25) is 0 Å². The predicted octanol–water partition coefficient (Wildman–Crippen LogP) is 4.76. The molecule has 0 saturated heterocycles. The first-order valence-corrected chi connectivity index (χ1v) is 8.20. The molecule has 0 aliphatic carbocycles. The lowest BCUT2D eigenvalue weighted by Gasteiger charge is -2.08. The number of anilines is 2. The van der Waals surface area contributed by atoms with Gasteiger partial charge in [-0.2, -0.15) is 0 Å². The van der Waals surface area contributed by atoms with Gasteiger partial charge in [-0.3, -0.25) is 4.40 Å². The lowest BCUT2D eigenvalue weighted by atomic mass is 10.1. The molecule has 0 unspecified atom stereocenters. The zero-order valence-electron chi connectivity index (χ0n) is 13.6. The number of fused-ring (bicyclic) bond motifs is 2. The van der Waals surface area contributed by atoms with Crippen molar-refractivity contribution >= 4 is 28.1 Å². The maximum Gasteiger partial charge on any atom is 0.180 e. The lowest BCUT2D eigenvalue weighted by molar-refractivity contribution is 0.628. The van der Waals surface area contributed by atoms with Gasteiger partial charge in [0, 0.05) is 40.7 Å². The Morgan fingerprint density at radius 1 is 1.04 bits per heavy atom. The van der Waals surface area contributed by atoms with Gasteiger partial charge in [0.05, 0.1) is 11.9 Å². The Balaban J connectivity index is 1.58. The highest BCUT2D eigenvalue weighted by Crippen LogP contribution is 2.26. The molecule has 0 aliphatic heterocycles. The van der Waals surface area contributed by atoms with Gasteiger partial charge in [0.15, 0.2) is 11.5 Å². The van der Waals surface area contributed by atoms with Crippen LogP contribution in [0.5, 0.6) is 0 Å². The van der Waals surface area contributed by atoms with E-state index in [1.165, 1.54) is 12.1 Å². The van der Waals surface area contributed by atoms with Gasteiger partial charge in [0.1, 0.15) is 5.82 Å². The maximum absolute atomic E-state index is 13.6. The molecule has 0 aliphatic rings. The zero-order valence-corrected chi connectivity index (χ0v) is 13.6. The van der Waals surface area contributed by atoms with Gasteiger partial charge in [-0.1, -0.05) is 12.1 Å². The van der Waals surface area contributed by atoms with Crippen LogP contribution in [0.3, 0.4) is 0 Å². The number of benzene rings is 2. The highest BCUT2D eigenvalue weighted by Gasteiger charge is 2.11. The van der Waals surface area contributed by atoms with E-state index in [2.05, 4.69) is 20.3 Å². The number of aromatic nitrogens is 4. The summed E-state index contributed by atoms with van der Waals surface area (Å²) in [6, 6.07) is 14.5. The summed E-state index contributed by atoms with van der Waals surface area (Å²) in [5.41, 5.74) is 4.26. The van der Waals surface area contributed by atoms with Crippen LogP contribution in [0.1, 0.15) is 0 Å². The average molecular weight is 343 g/mol. The first kappa shape index (κ1) is 14.7. The predicted molar refractivity (Wildman–Crippen MR) is 100.0 cm³/mol. The molecule has 5 nitrogen and oxygen atoms in total. The first-order chi connectivity index (χ1) is 12.8. The summed E-state index contributed by atoms with van der Waals surface area (Å²) >= 11 is 0. The fraction of sp³-hybridized carbons (Fsp3) is 0. The van der Waals surface area contributed by atoms with E-state index in [4.69, 9.17) is 0 Å². The van der Waals surface area contributed by atoms with Gasteiger partial charge in [-0.25, -0.2) is 14.4 Å². The molecule has 0 radical (unpaired) electrons. The molecule has 5 rings (SSSR count). The molecule has 0 atom stereocenters. The molecule has 2 N–H and O–H groups in total. The minimum absolute atomic E-state index is 0.273. The number of nitrogens with one attached hydrogen (secondary N) is 2. The second kappa shape index (κ2) is 5.70. The van der Waals surface area contributed by atoms with Crippen LogP contribution in [0.25, 0.3) is 27.8 Å². The van der Waals surface area contributed by atoms with Crippen molar-refractivity contribution in [1.29, 1.82) is 0 Å². The quantitative estimate of drug-likeness (QED) is 0.496. The highest BCUT2D eigenvalue weighted by molar-refractivity contribution is 5.85. The minimum Gasteiger partial charge on any atom is -0.361 e. The van der Waals surface area contributed by atoms with E-state index in [0.717, 1.165) is 27.8 Å². The van der Waals surface area contributed by atoms with Crippen LogP contribution in [0.15, 0.2) is 73.3 Å². The van der Waals surface area contributed by atoms with E-state index < -0.39 is 0 Å². The van der Waals surface area contributed by atoms with Crippen molar-refractivity contribution < 1.29 is 4.39 Å². The molecule has 3 aromatic heterocycles. The Labute approximate surface area is 148 Å². The Hall–Kier alpha value is -3.67. The first-order valence-electron chi connectivity index (χ1n) is 8.20. The molecular weight excluding hydrogens is 329 g/mol. The average Bonchev–Trinajstić information content (AvgIpc) is 3.28. The third-order valence-corrected chi connectivity index (χ3v) is 4.36. The maximum atomic E-state index is 13.6. The highest BCUT2D eigenvalue weighted by atomic mass is 19.1. The molecule has 6 heteroatoms. The number of rotatable bonds is 3. The van der Waals surface area contributed by atoms with Crippen molar-refractivity contribution in [3.05, 3.63) is 79.1 Å². The van der Waals surface area contributed by atoms with E-state index in [0.29, 0.717) is 11.5 Å². The second-order valence-electron chi connectivity index (χ2n) is 6.03. The fourth-order valence-electron chi connectivity index (χ4n) is 3.14. The molecule has 26 heavy (non-hydrogen) atoms. The normalized spacial score (nSPS) is 11.3. The molecule has 0 bridgehead atoms. The third kappa shape index (κ3) is 2.39. The van der Waals surface area contributed by atoms with E-state index in [1.54, 1.807) is 18.5 Å². The van der Waals surface area contributed by atoms with Crippen molar-refractivity contribution in [2.75, 3.05) is 5.32 Å². The van der Waals surface area contributed by atoms with Crippen molar-refractivity contribution in [1.82, 2.24) is 19.4 Å². The van der Waals surface area contributed by atoms with E-state index >= 15 is 0 Å². The van der Waals surface area contributed by atoms with Crippen LogP contribution < -0.4 is 5.32 Å². The molecule has 126 valence electrons. The Bertz CT molecular complexity index is 1240. The summed E-state index contributed by atoms with van der Waals surface area (Å²) in [5.74, 6) is 0.370. The third-order valence-electron chi connectivity index (χ3n) is 4.36. The Kier molecular flexibility index (Phi) is 3.21. The molecule has 0 saturated carbocycles. The standard InChI is InChI=1S/C20H14FN5/c21-15-3-1-2-14(10-15)18-12-24-20-19(23-8-9-26(18)20)25-16-4-5-17-13(11-16)6-7-22-17/h1-12,22H,(H,23,25). The minimum atomic E-state index is -0.273. The van der Waals surface area contributed by atoms with Crippen molar-refractivity contribution in [2.45, 2.75) is 0 Å². The second-order valence-corrected chi connectivity index (χ2v) is 6.03. The van der Waals surface area contributed by atoms with Crippen LogP contribution >= 0.6 is 0 Å². The molecule has 0 amide bonds. The van der Waals surface area contributed by atoms with Gasteiger partial charge >= 0.3 is 0 Å². The summed E-state index contributed by atoms with van der Waals surface area (Å²) in [7, 11) is 0. The van der Waals surface area contributed by atoms with Gasteiger partial charge in [-0.15, -0.1) is 0 Å². The number of H-pyrrole nitrogens is 1. The summed E-state index contributed by atoms with van der Waals surface area (Å²) < 4.78 is 15.5. The smallest absolute Gasteiger partial charge is 0.180 e. The van der Waals surface area contributed by atoms with Gasteiger partial charge in [0.25, 0.3) is 0 Å². The number of aromatic amines is 1. The lowest BCUT2D eigenvalue weighted by Crippen LogP contribution is -1.98. The van der Waals surface area contributed by atoms with E-state index in [1.807, 2.05) is 47.1 Å². The molecule has 0 spiro atoms. The van der Waals surface area contributed by atoms with E-state index in [-0.39, 0.29) is 5.82 Å². The van der Waals surface area contributed by atoms with Crippen LogP contribution in [0, 0.1) is 5.82 Å². The molecule has 2 aromatic carbocycles. The van der Waals surface area contributed by atoms with Crippen LogP contribution in [0.2, 0.25) is 0 Å².